The van der Waals surface area contributed by atoms with Gasteiger partial charge in [0, 0.05) is 11.3 Å². The van der Waals surface area contributed by atoms with Gasteiger partial charge in [0.2, 0.25) is 0 Å². The average molecular weight is 324 g/mol. The lowest BCUT2D eigenvalue weighted by molar-refractivity contribution is -0.118. The summed E-state index contributed by atoms with van der Waals surface area (Å²) in [6.07, 6.45) is 0.712. The lowest BCUT2D eigenvalue weighted by Gasteiger charge is -2.12. The smallest absolute Gasteiger partial charge is 0.262 e. The summed E-state index contributed by atoms with van der Waals surface area (Å²) in [5.74, 6) is 0.451. The van der Waals surface area contributed by atoms with E-state index in [0.717, 1.165) is 0 Å². The molecule has 0 saturated heterocycles. The minimum Gasteiger partial charge on any atom is -0.490 e. The number of rotatable bonds is 7. The van der Waals surface area contributed by atoms with Crippen LogP contribution in [0, 0.1) is 11.3 Å². The van der Waals surface area contributed by atoms with Gasteiger partial charge in [-0.15, -0.1) is 0 Å². The Morgan fingerprint density at radius 2 is 1.92 bits per heavy atom. The Morgan fingerprint density at radius 1 is 1.17 bits per heavy atom. The first kappa shape index (κ1) is 17.0. The molecule has 2 aromatic rings. The van der Waals surface area contributed by atoms with Crippen molar-refractivity contribution in [3.8, 4) is 17.6 Å². The number of nitriles is 1. The number of nitrogens with zero attached hydrogens (tertiary/aromatic N) is 1. The highest BCUT2D eigenvalue weighted by Crippen LogP contribution is 2.28. The van der Waals surface area contributed by atoms with Crippen LogP contribution in [-0.4, -0.2) is 25.4 Å². The van der Waals surface area contributed by atoms with Crippen molar-refractivity contribution in [3.63, 3.8) is 0 Å². The molecule has 2 rings (SSSR count). The third-order valence-corrected chi connectivity index (χ3v) is 3.06. The quantitative estimate of drug-likeness (QED) is 0.791. The highest BCUT2D eigenvalue weighted by molar-refractivity contribution is 5.92. The first-order valence-electron chi connectivity index (χ1n) is 7.31. The van der Waals surface area contributed by atoms with Gasteiger partial charge in [0.1, 0.15) is 6.29 Å². The SMILES string of the molecule is CCOc1cc(C=O)ccc1OCC(=O)Nc1ccc(C#N)cc1. The van der Waals surface area contributed by atoms with Crippen molar-refractivity contribution in [2.45, 2.75) is 6.92 Å². The number of nitrogens with one attached hydrogen (secondary N) is 1. The number of aldehydes is 1. The maximum atomic E-state index is 11.9. The highest BCUT2D eigenvalue weighted by Gasteiger charge is 2.09. The number of hydrogen-bond acceptors (Lipinski definition) is 5. The molecule has 0 radical (unpaired) electrons. The Bertz CT molecular complexity index is 764. The Labute approximate surface area is 139 Å². The second kappa shape index (κ2) is 8.34. The molecule has 6 nitrogen and oxygen atoms in total. The number of ether oxygens (including phenoxy) is 2. The van der Waals surface area contributed by atoms with Crippen LogP contribution >= 0.6 is 0 Å². The first-order chi connectivity index (χ1) is 11.7. The zero-order chi connectivity index (χ0) is 17.4. The van der Waals surface area contributed by atoms with Crippen LogP contribution in [-0.2, 0) is 4.79 Å². The van der Waals surface area contributed by atoms with Crippen LogP contribution in [0.2, 0.25) is 0 Å². The zero-order valence-corrected chi connectivity index (χ0v) is 13.1. The molecule has 0 aromatic heterocycles. The maximum Gasteiger partial charge on any atom is 0.262 e. The zero-order valence-electron chi connectivity index (χ0n) is 13.1. The van der Waals surface area contributed by atoms with Crippen LogP contribution in [0.5, 0.6) is 11.5 Å². The number of benzene rings is 2. The molecule has 0 heterocycles. The summed E-state index contributed by atoms with van der Waals surface area (Å²) in [6, 6.07) is 13.2. The molecule has 0 aliphatic rings. The molecule has 1 amide bonds. The predicted molar refractivity (Wildman–Crippen MR) is 88.3 cm³/mol. The molecular formula is C18H16N2O4. The molecule has 0 spiro atoms. The minimum atomic E-state index is -0.346. The van der Waals surface area contributed by atoms with E-state index in [1.165, 1.54) is 0 Å². The topological polar surface area (TPSA) is 88.4 Å². The van der Waals surface area contributed by atoms with Gasteiger partial charge < -0.3 is 14.8 Å². The molecule has 2 aromatic carbocycles. The number of carbonyl (C=O) groups excluding carboxylic acids is 2. The fraction of sp³-hybridized carbons (Fsp3) is 0.167. The number of anilines is 1. The Kier molecular flexibility index (Phi) is 5.92. The normalized spacial score (nSPS) is 9.67. The lowest BCUT2D eigenvalue weighted by Crippen LogP contribution is -2.20. The van der Waals surface area contributed by atoms with Crippen molar-refractivity contribution in [3.05, 3.63) is 53.6 Å². The molecule has 0 fully saturated rings. The summed E-state index contributed by atoms with van der Waals surface area (Å²) in [6.45, 7) is 2.02. The third kappa shape index (κ3) is 4.58. The van der Waals surface area contributed by atoms with Crippen molar-refractivity contribution in [1.82, 2.24) is 0 Å². The fourth-order valence-corrected chi connectivity index (χ4v) is 1.95. The van der Waals surface area contributed by atoms with E-state index in [2.05, 4.69) is 5.32 Å². The third-order valence-electron chi connectivity index (χ3n) is 3.06. The van der Waals surface area contributed by atoms with E-state index < -0.39 is 0 Å². The summed E-state index contributed by atoms with van der Waals surface area (Å²) in [5, 5.41) is 11.4. The van der Waals surface area contributed by atoms with Crippen LogP contribution in [0.1, 0.15) is 22.8 Å². The highest BCUT2D eigenvalue weighted by atomic mass is 16.5. The molecule has 1 N–H and O–H groups in total. The second-order valence-corrected chi connectivity index (χ2v) is 4.78. The van der Waals surface area contributed by atoms with Gasteiger partial charge in [-0.3, -0.25) is 9.59 Å². The molecule has 0 bridgehead atoms. The van der Waals surface area contributed by atoms with Gasteiger partial charge in [0.15, 0.2) is 18.1 Å². The van der Waals surface area contributed by atoms with E-state index >= 15 is 0 Å². The van der Waals surface area contributed by atoms with Gasteiger partial charge in [-0.1, -0.05) is 0 Å². The van der Waals surface area contributed by atoms with Crippen LogP contribution in [0.15, 0.2) is 42.5 Å². The van der Waals surface area contributed by atoms with Gasteiger partial charge in [-0.05, 0) is 49.4 Å². The van der Waals surface area contributed by atoms with Gasteiger partial charge in [-0.2, -0.15) is 5.26 Å². The van der Waals surface area contributed by atoms with Crippen molar-refractivity contribution >= 4 is 17.9 Å². The molecule has 6 heteroatoms. The van der Waals surface area contributed by atoms with Crippen molar-refractivity contribution in [1.29, 1.82) is 5.26 Å². The molecule has 0 aliphatic heterocycles. The van der Waals surface area contributed by atoms with Crippen molar-refractivity contribution in [2.75, 3.05) is 18.5 Å². The van der Waals surface area contributed by atoms with Crippen molar-refractivity contribution < 1.29 is 19.1 Å². The predicted octanol–water partition coefficient (Wildman–Crippen LogP) is 2.79. The fourth-order valence-electron chi connectivity index (χ4n) is 1.95. The lowest BCUT2D eigenvalue weighted by atomic mass is 10.2. The van der Waals surface area contributed by atoms with E-state index in [4.69, 9.17) is 14.7 Å². The molecular weight excluding hydrogens is 308 g/mol. The van der Waals surface area contributed by atoms with Crippen LogP contribution < -0.4 is 14.8 Å². The second-order valence-electron chi connectivity index (χ2n) is 4.78. The van der Waals surface area contributed by atoms with Gasteiger partial charge in [0.25, 0.3) is 5.91 Å². The molecule has 0 aliphatic carbocycles. The van der Waals surface area contributed by atoms with E-state index in [-0.39, 0.29) is 12.5 Å². The van der Waals surface area contributed by atoms with Gasteiger partial charge >= 0.3 is 0 Å². The summed E-state index contributed by atoms with van der Waals surface area (Å²) in [4.78, 5) is 22.7. The van der Waals surface area contributed by atoms with Crippen LogP contribution in [0.3, 0.4) is 0 Å². The van der Waals surface area contributed by atoms with E-state index in [1.54, 1.807) is 42.5 Å². The maximum absolute atomic E-state index is 11.9. The molecule has 0 saturated carbocycles. The molecule has 122 valence electrons. The monoisotopic (exact) mass is 324 g/mol. The Morgan fingerprint density at radius 3 is 2.54 bits per heavy atom. The largest absolute Gasteiger partial charge is 0.490 e. The standard InChI is InChI=1S/C18H16N2O4/c1-2-23-17-9-14(11-21)5-8-16(17)24-12-18(22)20-15-6-3-13(10-19)4-7-15/h3-9,11H,2,12H2,1H3,(H,20,22). The summed E-state index contributed by atoms with van der Waals surface area (Å²) in [5.41, 5.74) is 1.55. The Hall–Kier alpha value is -3.33. The van der Waals surface area contributed by atoms with Crippen LogP contribution in [0.4, 0.5) is 5.69 Å². The van der Waals surface area contributed by atoms with Gasteiger partial charge in [-0.25, -0.2) is 0 Å². The van der Waals surface area contributed by atoms with E-state index in [1.807, 2.05) is 13.0 Å². The Balaban J connectivity index is 1.97. The number of hydrogen-bond donors (Lipinski definition) is 1. The summed E-state index contributed by atoms with van der Waals surface area (Å²) >= 11 is 0. The van der Waals surface area contributed by atoms with E-state index in [9.17, 15) is 9.59 Å². The summed E-state index contributed by atoms with van der Waals surface area (Å²) < 4.78 is 10.9. The number of amides is 1. The van der Waals surface area contributed by atoms with Gasteiger partial charge in [0.05, 0.1) is 18.2 Å². The first-order valence-corrected chi connectivity index (χ1v) is 7.31. The molecule has 0 unspecified atom stereocenters. The average Bonchev–Trinajstić information content (AvgIpc) is 2.61. The van der Waals surface area contributed by atoms with Crippen molar-refractivity contribution in [2.24, 2.45) is 0 Å². The van der Waals surface area contributed by atoms with E-state index in [0.29, 0.717) is 41.2 Å². The minimum absolute atomic E-state index is 0.208. The summed E-state index contributed by atoms with van der Waals surface area (Å²) in [7, 11) is 0. The molecule has 24 heavy (non-hydrogen) atoms. The molecule has 0 atom stereocenters. The van der Waals surface area contributed by atoms with Crippen LogP contribution in [0.25, 0.3) is 0 Å². The number of carbonyl (C=O) groups is 2.